The molecule has 0 saturated carbocycles. The van der Waals surface area contributed by atoms with Crippen LogP contribution in [-0.4, -0.2) is 23.2 Å². The molecular weight excluding hydrogens is 333 g/mol. The highest BCUT2D eigenvalue weighted by Gasteiger charge is 2.29. The molecule has 0 unspecified atom stereocenters. The second-order valence-corrected chi connectivity index (χ2v) is 8.55. The first-order valence-electron chi connectivity index (χ1n) is 6.23. The first kappa shape index (κ1) is 16.3. The van der Waals surface area contributed by atoms with Gasteiger partial charge < -0.3 is 0 Å². The molecule has 8 heteroatoms. The van der Waals surface area contributed by atoms with Crippen molar-refractivity contribution in [2.75, 3.05) is 0 Å². The summed E-state index contributed by atoms with van der Waals surface area (Å²) in [4.78, 5) is 0. The summed E-state index contributed by atoms with van der Waals surface area (Å²) in [6, 6.07) is 7.30. The van der Waals surface area contributed by atoms with Crippen LogP contribution in [-0.2, 0) is 21.0 Å². The zero-order chi connectivity index (χ0) is 15.8. The summed E-state index contributed by atoms with van der Waals surface area (Å²) in [7, 11) is 1.48. The SMILES string of the molecule is CC(C)(C)n1c(Cc2cccc(Cl)c2)nnc1S(=O)(=O)Cl. The minimum atomic E-state index is -3.96. The molecule has 0 atom stereocenters. The predicted octanol–water partition coefficient (Wildman–Crippen LogP) is 3.20. The van der Waals surface area contributed by atoms with Gasteiger partial charge in [-0.25, -0.2) is 8.42 Å². The van der Waals surface area contributed by atoms with Crippen LogP contribution in [0.15, 0.2) is 29.4 Å². The van der Waals surface area contributed by atoms with E-state index in [1.54, 1.807) is 12.1 Å². The van der Waals surface area contributed by atoms with Crippen molar-refractivity contribution in [3.05, 3.63) is 40.7 Å². The van der Waals surface area contributed by atoms with E-state index in [-0.39, 0.29) is 5.16 Å². The van der Waals surface area contributed by atoms with Crippen molar-refractivity contribution in [3.63, 3.8) is 0 Å². The summed E-state index contributed by atoms with van der Waals surface area (Å²) in [5.74, 6) is 0.518. The van der Waals surface area contributed by atoms with Gasteiger partial charge in [-0.05, 0) is 38.5 Å². The Morgan fingerprint density at radius 3 is 2.43 bits per heavy atom. The third-order valence-electron chi connectivity index (χ3n) is 2.84. The number of hydrogen-bond acceptors (Lipinski definition) is 4. The van der Waals surface area contributed by atoms with Crippen LogP contribution in [0.3, 0.4) is 0 Å². The minimum Gasteiger partial charge on any atom is -0.295 e. The Morgan fingerprint density at radius 1 is 1.24 bits per heavy atom. The van der Waals surface area contributed by atoms with E-state index >= 15 is 0 Å². The van der Waals surface area contributed by atoms with E-state index in [1.807, 2.05) is 32.9 Å². The van der Waals surface area contributed by atoms with Gasteiger partial charge in [-0.2, -0.15) is 0 Å². The fourth-order valence-corrected chi connectivity index (χ4v) is 3.32. The Bertz CT molecular complexity index is 764. The predicted molar refractivity (Wildman–Crippen MR) is 82.3 cm³/mol. The Labute approximate surface area is 133 Å². The highest BCUT2D eigenvalue weighted by Crippen LogP contribution is 2.25. The number of rotatable bonds is 3. The van der Waals surface area contributed by atoms with Crippen LogP contribution >= 0.6 is 22.3 Å². The Morgan fingerprint density at radius 2 is 1.90 bits per heavy atom. The highest BCUT2D eigenvalue weighted by molar-refractivity contribution is 8.13. The van der Waals surface area contributed by atoms with E-state index in [0.29, 0.717) is 17.3 Å². The number of hydrogen-bond donors (Lipinski definition) is 0. The quantitative estimate of drug-likeness (QED) is 0.799. The molecule has 1 heterocycles. The van der Waals surface area contributed by atoms with Gasteiger partial charge in [-0.3, -0.25) is 4.57 Å². The maximum Gasteiger partial charge on any atom is 0.296 e. The maximum atomic E-state index is 11.6. The normalized spacial score (nSPS) is 12.6. The summed E-state index contributed by atoms with van der Waals surface area (Å²) in [5.41, 5.74) is 0.397. The Kier molecular flexibility index (Phi) is 4.33. The molecule has 0 radical (unpaired) electrons. The van der Waals surface area contributed by atoms with Crippen molar-refractivity contribution in [2.45, 2.75) is 37.9 Å². The van der Waals surface area contributed by atoms with Gasteiger partial charge in [-0.15, -0.1) is 10.2 Å². The number of nitrogens with zero attached hydrogens (tertiary/aromatic N) is 3. The van der Waals surface area contributed by atoms with Gasteiger partial charge in [0.05, 0.1) is 0 Å². The van der Waals surface area contributed by atoms with Gasteiger partial charge >= 0.3 is 0 Å². The molecule has 1 aromatic heterocycles. The van der Waals surface area contributed by atoms with E-state index in [9.17, 15) is 8.42 Å². The molecule has 21 heavy (non-hydrogen) atoms. The van der Waals surface area contributed by atoms with Crippen molar-refractivity contribution in [2.24, 2.45) is 0 Å². The molecule has 2 aromatic rings. The fourth-order valence-electron chi connectivity index (χ4n) is 2.08. The van der Waals surface area contributed by atoms with E-state index in [0.717, 1.165) is 5.56 Å². The lowest BCUT2D eigenvalue weighted by atomic mass is 10.1. The van der Waals surface area contributed by atoms with Crippen LogP contribution in [0.25, 0.3) is 0 Å². The summed E-state index contributed by atoms with van der Waals surface area (Å²) in [6.45, 7) is 5.59. The van der Waals surface area contributed by atoms with Crippen LogP contribution in [0.4, 0.5) is 0 Å². The van der Waals surface area contributed by atoms with Gasteiger partial charge in [0.2, 0.25) is 0 Å². The Balaban J connectivity index is 2.53. The molecule has 0 fully saturated rings. The average Bonchev–Trinajstić information content (AvgIpc) is 2.72. The largest absolute Gasteiger partial charge is 0.296 e. The van der Waals surface area contributed by atoms with Crippen LogP contribution in [0.2, 0.25) is 5.02 Å². The minimum absolute atomic E-state index is 0.242. The van der Waals surface area contributed by atoms with Crippen molar-refractivity contribution < 1.29 is 8.42 Å². The second kappa shape index (κ2) is 5.59. The van der Waals surface area contributed by atoms with Crippen LogP contribution < -0.4 is 0 Å². The molecule has 0 aliphatic heterocycles. The first-order valence-corrected chi connectivity index (χ1v) is 8.91. The fraction of sp³-hybridized carbons (Fsp3) is 0.385. The standard InChI is InChI=1S/C13H15Cl2N3O2S/c1-13(2,3)18-11(16-17-12(18)21(15,19)20)8-9-5-4-6-10(14)7-9/h4-7H,8H2,1-3H3. The average molecular weight is 348 g/mol. The van der Waals surface area contributed by atoms with Gasteiger partial charge in [-0.1, -0.05) is 23.7 Å². The molecular formula is C13H15Cl2N3O2S. The molecule has 0 amide bonds. The molecule has 5 nitrogen and oxygen atoms in total. The van der Waals surface area contributed by atoms with E-state index in [4.69, 9.17) is 22.3 Å². The first-order chi connectivity index (χ1) is 9.59. The molecule has 2 rings (SSSR count). The molecule has 0 aliphatic carbocycles. The van der Waals surface area contributed by atoms with E-state index in [1.165, 1.54) is 4.57 Å². The second-order valence-electron chi connectivity index (χ2n) is 5.65. The summed E-state index contributed by atoms with van der Waals surface area (Å²) in [5, 5.41) is 8.08. The molecule has 0 spiro atoms. The molecule has 0 aliphatic rings. The van der Waals surface area contributed by atoms with Crippen molar-refractivity contribution in [1.82, 2.24) is 14.8 Å². The van der Waals surface area contributed by atoms with Gasteiger partial charge in [0.15, 0.2) is 0 Å². The highest BCUT2D eigenvalue weighted by atomic mass is 35.7. The van der Waals surface area contributed by atoms with Gasteiger partial charge in [0.1, 0.15) is 5.82 Å². The van der Waals surface area contributed by atoms with Crippen LogP contribution in [0, 0.1) is 0 Å². The van der Waals surface area contributed by atoms with Crippen LogP contribution in [0.1, 0.15) is 32.2 Å². The smallest absolute Gasteiger partial charge is 0.295 e. The van der Waals surface area contributed by atoms with Crippen molar-refractivity contribution in [3.8, 4) is 0 Å². The zero-order valence-corrected chi connectivity index (χ0v) is 14.2. The van der Waals surface area contributed by atoms with Crippen molar-refractivity contribution in [1.29, 1.82) is 0 Å². The number of aromatic nitrogens is 3. The maximum absolute atomic E-state index is 11.6. The molecule has 114 valence electrons. The van der Waals surface area contributed by atoms with Crippen molar-refractivity contribution >= 4 is 31.3 Å². The molecule has 0 N–H and O–H groups in total. The third kappa shape index (κ3) is 3.75. The molecule has 0 saturated heterocycles. The van der Waals surface area contributed by atoms with E-state index in [2.05, 4.69) is 10.2 Å². The number of benzene rings is 1. The van der Waals surface area contributed by atoms with Gasteiger partial charge in [0, 0.05) is 27.7 Å². The summed E-state index contributed by atoms with van der Waals surface area (Å²) < 4.78 is 24.8. The topological polar surface area (TPSA) is 64.8 Å². The lowest BCUT2D eigenvalue weighted by Gasteiger charge is -2.24. The van der Waals surface area contributed by atoms with Gasteiger partial charge in [0.25, 0.3) is 14.2 Å². The lowest BCUT2D eigenvalue weighted by Crippen LogP contribution is -2.27. The molecule has 1 aromatic carbocycles. The lowest BCUT2D eigenvalue weighted by molar-refractivity contribution is 0.352. The summed E-state index contributed by atoms with van der Waals surface area (Å²) in [6.07, 6.45) is 0.414. The Hall–Kier alpha value is -1.11. The monoisotopic (exact) mass is 347 g/mol. The third-order valence-corrected chi connectivity index (χ3v) is 4.19. The zero-order valence-electron chi connectivity index (χ0n) is 11.8. The summed E-state index contributed by atoms with van der Waals surface area (Å²) >= 11 is 5.96. The molecule has 0 bridgehead atoms. The van der Waals surface area contributed by atoms with E-state index < -0.39 is 14.6 Å². The van der Waals surface area contributed by atoms with Crippen LogP contribution in [0.5, 0.6) is 0 Å². The number of halogens is 2.